The van der Waals surface area contributed by atoms with Crippen LogP contribution in [0.25, 0.3) is 0 Å². The Morgan fingerprint density at radius 2 is 2.20 bits per heavy atom. The Kier molecular flexibility index (Phi) is 2.25. The first kappa shape index (κ1) is 10.1. The van der Waals surface area contributed by atoms with Crippen molar-refractivity contribution in [3.05, 3.63) is 24.2 Å². The van der Waals surface area contributed by atoms with Crippen molar-refractivity contribution in [2.24, 2.45) is 11.3 Å². The van der Waals surface area contributed by atoms with Crippen molar-refractivity contribution in [1.29, 1.82) is 0 Å². The molecule has 0 spiro atoms. The molecule has 3 nitrogen and oxygen atoms in total. The van der Waals surface area contributed by atoms with Gasteiger partial charge in [0, 0.05) is 5.92 Å². The molecule has 15 heavy (non-hydrogen) atoms. The molecule has 0 amide bonds. The fourth-order valence-electron chi connectivity index (χ4n) is 1.82. The van der Waals surface area contributed by atoms with E-state index in [0.29, 0.717) is 0 Å². The molecule has 1 unspecified atom stereocenters. The Hall–Kier alpha value is -1.38. The third kappa shape index (κ3) is 2.01. The SMILES string of the molecule is CC1(C)CC1C(=O)CC(=O)c1ccco1. The summed E-state index contributed by atoms with van der Waals surface area (Å²) < 4.78 is 4.95. The Labute approximate surface area is 88.5 Å². The lowest BCUT2D eigenvalue weighted by atomic mass is 10.0. The van der Waals surface area contributed by atoms with Gasteiger partial charge in [0.15, 0.2) is 5.76 Å². The minimum atomic E-state index is -0.215. The maximum atomic E-state index is 11.7. The van der Waals surface area contributed by atoms with Gasteiger partial charge in [-0.25, -0.2) is 0 Å². The van der Waals surface area contributed by atoms with Crippen LogP contribution in [0.5, 0.6) is 0 Å². The first-order valence-electron chi connectivity index (χ1n) is 5.10. The van der Waals surface area contributed by atoms with Crippen molar-refractivity contribution in [1.82, 2.24) is 0 Å². The fourth-order valence-corrected chi connectivity index (χ4v) is 1.82. The van der Waals surface area contributed by atoms with Crippen LogP contribution in [0.3, 0.4) is 0 Å². The molecule has 2 rings (SSSR count). The van der Waals surface area contributed by atoms with Crippen molar-refractivity contribution in [2.45, 2.75) is 26.7 Å². The number of hydrogen-bond acceptors (Lipinski definition) is 3. The summed E-state index contributed by atoms with van der Waals surface area (Å²) in [6.45, 7) is 4.10. The van der Waals surface area contributed by atoms with E-state index >= 15 is 0 Å². The van der Waals surface area contributed by atoms with Crippen LogP contribution in [0.4, 0.5) is 0 Å². The smallest absolute Gasteiger partial charge is 0.205 e. The van der Waals surface area contributed by atoms with E-state index in [1.54, 1.807) is 12.1 Å². The topological polar surface area (TPSA) is 47.3 Å². The quantitative estimate of drug-likeness (QED) is 0.561. The van der Waals surface area contributed by atoms with Crippen LogP contribution in [0, 0.1) is 11.3 Å². The molecule has 1 fully saturated rings. The zero-order valence-electron chi connectivity index (χ0n) is 8.95. The molecule has 0 aromatic carbocycles. The van der Waals surface area contributed by atoms with Crippen molar-refractivity contribution in [2.75, 3.05) is 0 Å². The summed E-state index contributed by atoms with van der Waals surface area (Å²) in [6, 6.07) is 3.24. The molecule has 0 aliphatic heterocycles. The Morgan fingerprint density at radius 1 is 1.53 bits per heavy atom. The molecule has 0 bridgehead atoms. The van der Waals surface area contributed by atoms with E-state index in [1.165, 1.54) is 6.26 Å². The van der Waals surface area contributed by atoms with Crippen LogP contribution in [0.15, 0.2) is 22.8 Å². The molecule has 1 saturated carbocycles. The minimum absolute atomic E-state index is 0.0262. The first-order chi connectivity index (χ1) is 7.00. The van der Waals surface area contributed by atoms with Crippen LogP contribution < -0.4 is 0 Å². The number of Topliss-reactive ketones (excluding diaryl/α,β-unsaturated/α-hetero) is 2. The highest BCUT2D eigenvalue weighted by atomic mass is 16.3. The van der Waals surface area contributed by atoms with Crippen LogP contribution in [0.2, 0.25) is 0 Å². The van der Waals surface area contributed by atoms with Gasteiger partial charge < -0.3 is 4.42 Å². The van der Waals surface area contributed by atoms with E-state index in [1.807, 2.05) is 13.8 Å². The number of carbonyl (C=O) groups excluding carboxylic acids is 2. The monoisotopic (exact) mass is 206 g/mol. The molecule has 1 aromatic rings. The molecule has 1 aliphatic rings. The summed E-state index contributed by atoms with van der Waals surface area (Å²) in [4.78, 5) is 23.2. The van der Waals surface area contributed by atoms with Gasteiger partial charge in [0.1, 0.15) is 5.78 Å². The van der Waals surface area contributed by atoms with E-state index < -0.39 is 0 Å². The number of carbonyl (C=O) groups is 2. The van der Waals surface area contributed by atoms with Gasteiger partial charge in [-0.15, -0.1) is 0 Å². The van der Waals surface area contributed by atoms with Crippen molar-refractivity contribution in [3.63, 3.8) is 0 Å². The highest BCUT2D eigenvalue weighted by Gasteiger charge is 2.50. The normalized spacial score (nSPS) is 22.4. The van der Waals surface area contributed by atoms with E-state index in [0.717, 1.165) is 6.42 Å². The summed E-state index contributed by atoms with van der Waals surface area (Å²) in [6.07, 6.45) is 2.32. The lowest BCUT2D eigenvalue weighted by Gasteiger charge is -2.00. The fraction of sp³-hybridized carbons (Fsp3) is 0.500. The average molecular weight is 206 g/mol. The number of ketones is 2. The summed E-state index contributed by atoms with van der Waals surface area (Å²) in [7, 11) is 0. The second kappa shape index (κ2) is 3.33. The van der Waals surface area contributed by atoms with Gasteiger partial charge in [-0.3, -0.25) is 9.59 Å². The molecule has 1 aromatic heterocycles. The van der Waals surface area contributed by atoms with Gasteiger partial charge in [0.05, 0.1) is 12.7 Å². The molecule has 1 aliphatic carbocycles. The third-order valence-corrected chi connectivity index (χ3v) is 3.03. The lowest BCUT2D eigenvalue weighted by Crippen LogP contribution is -2.11. The van der Waals surface area contributed by atoms with Crippen molar-refractivity contribution < 1.29 is 14.0 Å². The zero-order chi connectivity index (χ0) is 11.1. The largest absolute Gasteiger partial charge is 0.461 e. The number of rotatable bonds is 4. The van der Waals surface area contributed by atoms with Crippen LogP contribution in [-0.2, 0) is 4.79 Å². The summed E-state index contributed by atoms with van der Waals surface area (Å²) in [5, 5.41) is 0. The molecule has 3 heteroatoms. The Balaban J connectivity index is 1.94. The molecule has 1 heterocycles. The molecule has 0 radical (unpaired) electrons. The van der Waals surface area contributed by atoms with E-state index in [9.17, 15) is 9.59 Å². The molecule has 0 N–H and O–H groups in total. The average Bonchev–Trinajstić information content (AvgIpc) is 2.66. The number of hydrogen-bond donors (Lipinski definition) is 0. The zero-order valence-corrected chi connectivity index (χ0v) is 8.95. The maximum absolute atomic E-state index is 11.7. The second-order valence-corrected chi connectivity index (χ2v) is 4.79. The molecule has 80 valence electrons. The highest BCUT2D eigenvalue weighted by molar-refractivity contribution is 6.07. The predicted octanol–water partition coefficient (Wildman–Crippen LogP) is 2.47. The summed E-state index contributed by atoms with van der Waals surface area (Å²) >= 11 is 0. The van der Waals surface area contributed by atoms with Gasteiger partial charge in [-0.05, 0) is 24.0 Å². The maximum Gasteiger partial charge on any atom is 0.205 e. The number of furan rings is 1. The lowest BCUT2D eigenvalue weighted by molar-refractivity contribution is -0.120. The molecular weight excluding hydrogens is 192 g/mol. The van der Waals surface area contributed by atoms with Gasteiger partial charge in [-0.2, -0.15) is 0 Å². The highest BCUT2D eigenvalue weighted by Crippen LogP contribution is 2.52. The Bertz CT molecular complexity index is 387. The third-order valence-electron chi connectivity index (χ3n) is 3.03. The van der Waals surface area contributed by atoms with Gasteiger partial charge >= 0.3 is 0 Å². The van der Waals surface area contributed by atoms with Gasteiger partial charge in [0.25, 0.3) is 0 Å². The predicted molar refractivity (Wildman–Crippen MR) is 54.6 cm³/mol. The van der Waals surface area contributed by atoms with Crippen LogP contribution >= 0.6 is 0 Å². The van der Waals surface area contributed by atoms with Crippen molar-refractivity contribution in [3.8, 4) is 0 Å². The van der Waals surface area contributed by atoms with Crippen molar-refractivity contribution >= 4 is 11.6 Å². The van der Waals surface area contributed by atoms with E-state index in [4.69, 9.17) is 4.42 Å². The molecule has 0 saturated heterocycles. The second-order valence-electron chi connectivity index (χ2n) is 4.79. The van der Waals surface area contributed by atoms with Crippen LogP contribution in [-0.4, -0.2) is 11.6 Å². The minimum Gasteiger partial charge on any atom is -0.461 e. The Morgan fingerprint density at radius 3 is 2.67 bits per heavy atom. The molecular formula is C12H14O3. The van der Waals surface area contributed by atoms with Gasteiger partial charge in [-0.1, -0.05) is 13.8 Å². The summed E-state index contributed by atoms with van der Waals surface area (Å²) in [5.74, 6) is 0.173. The molecule has 1 atom stereocenters. The van der Waals surface area contributed by atoms with Crippen LogP contribution in [0.1, 0.15) is 37.2 Å². The van der Waals surface area contributed by atoms with E-state index in [-0.39, 0.29) is 35.1 Å². The van der Waals surface area contributed by atoms with Gasteiger partial charge in [0.2, 0.25) is 5.78 Å². The first-order valence-corrected chi connectivity index (χ1v) is 5.10. The van der Waals surface area contributed by atoms with E-state index in [2.05, 4.69) is 0 Å². The standard InChI is InChI=1S/C12H14O3/c1-12(2)7-8(12)9(13)6-10(14)11-4-3-5-15-11/h3-5,8H,6-7H2,1-2H3. The summed E-state index contributed by atoms with van der Waals surface area (Å²) in [5.41, 5.74) is 0.0977.